The Morgan fingerprint density at radius 1 is 1.10 bits per heavy atom. The molecule has 0 unspecified atom stereocenters. The van der Waals surface area contributed by atoms with Crippen LogP contribution in [0.4, 0.5) is 4.39 Å². The van der Waals surface area contributed by atoms with Crippen molar-refractivity contribution >= 4 is 23.4 Å². The van der Waals surface area contributed by atoms with Crippen molar-refractivity contribution in [3.05, 3.63) is 64.4 Å². The van der Waals surface area contributed by atoms with Gasteiger partial charge in [-0.2, -0.15) is 0 Å². The van der Waals surface area contributed by atoms with Crippen LogP contribution in [0.1, 0.15) is 15.9 Å². The molecule has 0 bridgehead atoms. The highest BCUT2D eigenvalue weighted by Gasteiger charge is 2.25. The molecule has 0 N–H and O–H groups in total. The summed E-state index contributed by atoms with van der Waals surface area (Å²) in [7, 11) is 3.40. The molecule has 2 amide bonds. The summed E-state index contributed by atoms with van der Waals surface area (Å²) in [6, 6.07) is 11.4. The van der Waals surface area contributed by atoms with E-state index < -0.39 is 5.82 Å². The van der Waals surface area contributed by atoms with E-state index in [4.69, 9.17) is 16.3 Å². The summed E-state index contributed by atoms with van der Waals surface area (Å²) in [6.07, 6.45) is 0. The number of ether oxygens (including phenoxy) is 1. The lowest BCUT2D eigenvalue weighted by atomic mass is 10.1. The number of rotatable bonds is 6. The maximum atomic E-state index is 13.2. The fourth-order valence-corrected chi connectivity index (χ4v) is 3.60. The first kappa shape index (κ1) is 22.1. The van der Waals surface area contributed by atoms with Gasteiger partial charge in [-0.05, 0) is 35.9 Å². The molecule has 0 radical (unpaired) electrons. The molecule has 1 aliphatic heterocycles. The number of nitrogens with zero attached hydrogens (tertiary/aromatic N) is 3. The summed E-state index contributed by atoms with van der Waals surface area (Å²) < 4.78 is 18.4. The zero-order valence-electron chi connectivity index (χ0n) is 17.1. The Labute approximate surface area is 180 Å². The first-order valence-corrected chi connectivity index (χ1v) is 10.1. The molecule has 2 aromatic carbocycles. The van der Waals surface area contributed by atoms with Crippen molar-refractivity contribution in [2.75, 3.05) is 46.9 Å². The Kier molecular flexibility index (Phi) is 7.29. The standard InChI is InChI=1S/C22H25ClFN3O3/c1-25(14-16-3-6-18(30-2)7-4-16)21(28)15-26-9-11-27(12-10-26)22(29)19-8-5-17(24)13-20(19)23/h3-8,13H,9-12,14-15H2,1-2H3. The smallest absolute Gasteiger partial charge is 0.255 e. The highest BCUT2D eigenvalue weighted by molar-refractivity contribution is 6.33. The van der Waals surface area contributed by atoms with Crippen molar-refractivity contribution in [1.82, 2.24) is 14.7 Å². The van der Waals surface area contributed by atoms with Gasteiger partial charge in [-0.15, -0.1) is 0 Å². The van der Waals surface area contributed by atoms with Crippen molar-refractivity contribution in [1.29, 1.82) is 0 Å². The summed E-state index contributed by atoms with van der Waals surface area (Å²) in [5.41, 5.74) is 1.32. The molecular formula is C22H25ClFN3O3. The lowest BCUT2D eigenvalue weighted by Gasteiger charge is -2.35. The Morgan fingerprint density at radius 3 is 2.37 bits per heavy atom. The largest absolute Gasteiger partial charge is 0.497 e. The third-order valence-corrected chi connectivity index (χ3v) is 5.50. The first-order chi connectivity index (χ1) is 14.4. The third-order valence-electron chi connectivity index (χ3n) is 5.18. The molecule has 1 aliphatic rings. The number of hydrogen-bond acceptors (Lipinski definition) is 4. The normalized spacial score (nSPS) is 14.5. The molecule has 160 valence electrons. The van der Waals surface area contributed by atoms with Crippen LogP contribution in [0.2, 0.25) is 5.02 Å². The molecule has 2 aromatic rings. The molecular weight excluding hydrogens is 409 g/mol. The van der Waals surface area contributed by atoms with Gasteiger partial charge in [-0.1, -0.05) is 23.7 Å². The van der Waals surface area contributed by atoms with Gasteiger partial charge in [0.15, 0.2) is 0 Å². The van der Waals surface area contributed by atoms with Gasteiger partial charge in [0.1, 0.15) is 11.6 Å². The van der Waals surface area contributed by atoms with Crippen LogP contribution in [0.5, 0.6) is 5.75 Å². The summed E-state index contributed by atoms with van der Waals surface area (Å²) in [4.78, 5) is 30.6. The Hall–Kier alpha value is -2.64. The zero-order valence-corrected chi connectivity index (χ0v) is 17.9. The second-order valence-corrected chi connectivity index (χ2v) is 7.70. The minimum atomic E-state index is -0.473. The fraction of sp³-hybridized carbons (Fsp3) is 0.364. The molecule has 3 rings (SSSR count). The van der Waals surface area contributed by atoms with E-state index in [1.165, 1.54) is 12.1 Å². The molecule has 8 heteroatoms. The fourth-order valence-electron chi connectivity index (χ4n) is 3.35. The maximum absolute atomic E-state index is 13.2. The van der Waals surface area contributed by atoms with Crippen molar-refractivity contribution in [2.45, 2.75) is 6.54 Å². The van der Waals surface area contributed by atoms with Crippen LogP contribution in [0.15, 0.2) is 42.5 Å². The number of hydrogen-bond donors (Lipinski definition) is 0. The van der Waals surface area contributed by atoms with Crippen molar-refractivity contribution in [2.24, 2.45) is 0 Å². The van der Waals surface area contributed by atoms with Gasteiger partial charge >= 0.3 is 0 Å². The van der Waals surface area contributed by atoms with E-state index in [1.807, 2.05) is 29.2 Å². The Morgan fingerprint density at radius 2 is 1.77 bits per heavy atom. The molecule has 0 atom stereocenters. The molecule has 6 nitrogen and oxygen atoms in total. The highest BCUT2D eigenvalue weighted by Crippen LogP contribution is 2.20. The zero-order chi connectivity index (χ0) is 21.7. The number of likely N-dealkylation sites (N-methyl/N-ethyl adjacent to an activating group) is 1. The minimum absolute atomic E-state index is 0.0205. The average Bonchev–Trinajstić information content (AvgIpc) is 2.74. The van der Waals surface area contributed by atoms with E-state index in [1.54, 1.807) is 24.0 Å². The molecule has 1 saturated heterocycles. The van der Waals surface area contributed by atoms with Gasteiger partial charge in [0, 0.05) is 39.8 Å². The van der Waals surface area contributed by atoms with Crippen LogP contribution in [-0.4, -0.2) is 73.4 Å². The van der Waals surface area contributed by atoms with Gasteiger partial charge < -0.3 is 14.5 Å². The van der Waals surface area contributed by atoms with E-state index in [9.17, 15) is 14.0 Å². The number of carbonyl (C=O) groups excluding carboxylic acids is 2. The van der Waals surface area contributed by atoms with Gasteiger partial charge in [0.05, 0.1) is 24.2 Å². The molecule has 0 aromatic heterocycles. The Balaban J connectivity index is 1.48. The van der Waals surface area contributed by atoms with E-state index >= 15 is 0 Å². The quantitative estimate of drug-likeness (QED) is 0.703. The number of carbonyl (C=O) groups is 2. The minimum Gasteiger partial charge on any atom is -0.497 e. The summed E-state index contributed by atoms with van der Waals surface area (Å²) in [5.74, 6) is 0.107. The van der Waals surface area contributed by atoms with E-state index in [0.29, 0.717) is 44.8 Å². The number of amides is 2. The summed E-state index contributed by atoms with van der Waals surface area (Å²) >= 11 is 6.00. The van der Waals surface area contributed by atoms with Crippen LogP contribution in [0.25, 0.3) is 0 Å². The van der Waals surface area contributed by atoms with Gasteiger partial charge in [-0.3, -0.25) is 14.5 Å². The van der Waals surface area contributed by atoms with E-state index in [2.05, 4.69) is 0 Å². The summed E-state index contributed by atoms with van der Waals surface area (Å²) in [6.45, 7) is 2.97. The third kappa shape index (κ3) is 5.49. The number of methoxy groups -OCH3 is 1. The van der Waals surface area contributed by atoms with Crippen LogP contribution in [-0.2, 0) is 11.3 Å². The molecule has 1 heterocycles. The maximum Gasteiger partial charge on any atom is 0.255 e. The SMILES string of the molecule is COc1ccc(CN(C)C(=O)CN2CCN(C(=O)c3ccc(F)cc3Cl)CC2)cc1. The van der Waals surface area contributed by atoms with Crippen molar-refractivity contribution < 1.29 is 18.7 Å². The molecule has 0 aliphatic carbocycles. The Bertz CT molecular complexity index is 899. The van der Waals surface area contributed by atoms with Crippen LogP contribution >= 0.6 is 11.6 Å². The second-order valence-electron chi connectivity index (χ2n) is 7.29. The predicted molar refractivity (Wildman–Crippen MR) is 113 cm³/mol. The van der Waals surface area contributed by atoms with E-state index in [0.717, 1.165) is 17.4 Å². The van der Waals surface area contributed by atoms with Gasteiger partial charge in [-0.25, -0.2) is 4.39 Å². The van der Waals surface area contributed by atoms with Crippen LogP contribution < -0.4 is 4.74 Å². The summed E-state index contributed by atoms with van der Waals surface area (Å²) in [5, 5.41) is 0.109. The second kappa shape index (κ2) is 9.91. The number of benzene rings is 2. The number of halogens is 2. The van der Waals surface area contributed by atoms with Crippen molar-refractivity contribution in [3.63, 3.8) is 0 Å². The number of piperazine rings is 1. The molecule has 0 saturated carbocycles. The van der Waals surface area contributed by atoms with Crippen LogP contribution in [0.3, 0.4) is 0 Å². The monoisotopic (exact) mass is 433 g/mol. The first-order valence-electron chi connectivity index (χ1n) is 9.71. The van der Waals surface area contributed by atoms with Gasteiger partial charge in [0.2, 0.25) is 5.91 Å². The molecule has 30 heavy (non-hydrogen) atoms. The molecule has 1 fully saturated rings. The van der Waals surface area contributed by atoms with Crippen molar-refractivity contribution in [3.8, 4) is 5.75 Å². The molecule has 0 spiro atoms. The predicted octanol–water partition coefficient (Wildman–Crippen LogP) is 2.90. The average molecular weight is 434 g/mol. The lowest BCUT2D eigenvalue weighted by Crippen LogP contribution is -2.51. The lowest BCUT2D eigenvalue weighted by molar-refractivity contribution is -0.132. The highest BCUT2D eigenvalue weighted by atomic mass is 35.5. The topological polar surface area (TPSA) is 53.1 Å². The van der Waals surface area contributed by atoms with Crippen LogP contribution in [0, 0.1) is 5.82 Å². The van der Waals surface area contributed by atoms with E-state index in [-0.39, 0.29) is 16.8 Å². The van der Waals surface area contributed by atoms with Gasteiger partial charge in [0.25, 0.3) is 5.91 Å².